The van der Waals surface area contributed by atoms with Gasteiger partial charge in [0.15, 0.2) is 5.82 Å². The number of alkyl halides is 6. The quantitative estimate of drug-likeness (QED) is 0.530. The van der Waals surface area contributed by atoms with Gasteiger partial charge < -0.3 is 19.7 Å². The average Bonchev–Trinajstić information content (AvgIpc) is 3.46. The number of hydrogen-bond donors (Lipinski definition) is 2. The summed E-state index contributed by atoms with van der Waals surface area (Å²) >= 11 is 1.78. The Morgan fingerprint density at radius 2 is 1.70 bits per heavy atom. The summed E-state index contributed by atoms with van der Waals surface area (Å²) in [5.74, 6) is -5.85. The molecule has 2 N–H and O–H groups in total. The molecular weight excluding hydrogens is 541 g/mol. The minimum atomic E-state index is -5.08. The number of thiophene rings is 1. The molecule has 3 heterocycles. The standard InChI is InChI=1S/C17H19FN2O2S.2C2HF3O2/c18-13-4-1-7-19-17(13)22-15-6-5-14-16(15)21-9-8-20(14)11-12-3-2-10-23-12;2*3-2(4,5)1(6)7/h1-4,7,10,14-16H,5-6,8-9,11H2;2*(H,6,7)/t14-,15+,16+;;/m0../s1. The van der Waals surface area contributed by atoms with Gasteiger partial charge in [-0.25, -0.2) is 19.0 Å². The lowest BCUT2D eigenvalue weighted by molar-refractivity contribution is -0.193. The molecule has 0 radical (unpaired) electrons. The summed E-state index contributed by atoms with van der Waals surface area (Å²) in [6.07, 6.45) is -6.88. The second kappa shape index (κ2) is 13.0. The van der Waals surface area contributed by atoms with E-state index in [1.165, 1.54) is 10.9 Å². The van der Waals surface area contributed by atoms with Crippen LogP contribution in [-0.4, -0.2) is 75.8 Å². The molecule has 0 amide bonds. The fraction of sp³-hybridized carbons (Fsp3) is 0.476. The summed E-state index contributed by atoms with van der Waals surface area (Å²) in [6.45, 7) is 2.58. The highest BCUT2D eigenvalue weighted by molar-refractivity contribution is 7.09. The molecule has 1 saturated carbocycles. The predicted molar refractivity (Wildman–Crippen MR) is 113 cm³/mol. The first-order chi connectivity index (χ1) is 17.2. The van der Waals surface area contributed by atoms with Crippen LogP contribution in [0.5, 0.6) is 5.88 Å². The first-order valence-electron chi connectivity index (χ1n) is 10.5. The first-order valence-corrected chi connectivity index (χ1v) is 11.3. The molecule has 3 atom stereocenters. The number of pyridine rings is 1. The Hall–Kier alpha value is -2.98. The zero-order chi connectivity index (χ0) is 27.8. The predicted octanol–water partition coefficient (Wildman–Crippen LogP) is 4.36. The summed E-state index contributed by atoms with van der Waals surface area (Å²) in [5, 5.41) is 16.4. The van der Waals surface area contributed by atoms with E-state index in [1.807, 2.05) is 0 Å². The zero-order valence-corrected chi connectivity index (χ0v) is 19.5. The SMILES string of the molecule is Fc1cccnc1O[C@@H]1CC[C@H]2[C@H]1OCCN2Cc1cccs1.O=C(O)C(F)(F)F.O=C(O)C(F)(F)F. The molecule has 16 heteroatoms. The third-order valence-electron chi connectivity index (χ3n) is 5.06. The molecule has 0 aromatic carbocycles. The van der Waals surface area contributed by atoms with Gasteiger partial charge in [-0.15, -0.1) is 11.3 Å². The monoisotopic (exact) mass is 562 g/mol. The van der Waals surface area contributed by atoms with E-state index in [-0.39, 0.29) is 18.1 Å². The van der Waals surface area contributed by atoms with Gasteiger partial charge >= 0.3 is 24.3 Å². The molecule has 2 aromatic heterocycles. The van der Waals surface area contributed by atoms with Crippen LogP contribution in [0.15, 0.2) is 35.8 Å². The largest absolute Gasteiger partial charge is 0.490 e. The van der Waals surface area contributed by atoms with Crippen molar-refractivity contribution >= 4 is 23.3 Å². The van der Waals surface area contributed by atoms with Gasteiger partial charge in [-0.3, -0.25) is 4.90 Å². The number of carboxylic acids is 2. The smallest absolute Gasteiger partial charge is 0.475 e. The van der Waals surface area contributed by atoms with Crippen molar-refractivity contribution in [2.75, 3.05) is 13.2 Å². The minimum absolute atomic E-state index is 0.00915. The molecular formula is C21H21F7N2O6S. The number of aliphatic carboxylic acids is 2. The Kier molecular flexibility index (Phi) is 10.6. The van der Waals surface area contributed by atoms with Crippen LogP contribution in [0.3, 0.4) is 0 Å². The summed E-state index contributed by atoms with van der Waals surface area (Å²) in [4.78, 5) is 25.6. The van der Waals surface area contributed by atoms with Crippen LogP contribution in [0.2, 0.25) is 0 Å². The van der Waals surface area contributed by atoms with Crippen LogP contribution in [0, 0.1) is 5.82 Å². The van der Waals surface area contributed by atoms with Gasteiger partial charge in [0.05, 0.1) is 6.61 Å². The van der Waals surface area contributed by atoms with E-state index >= 15 is 0 Å². The van der Waals surface area contributed by atoms with Crippen molar-refractivity contribution in [3.8, 4) is 5.88 Å². The van der Waals surface area contributed by atoms with Crippen molar-refractivity contribution in [2.24, 2.45) is 0 Å². The van der Waals surface area contributed by atoms with Crippen molar-refractivity contribution in [2.45, 2.75) is 50.0 Å². The Morgan fingerprint density at radius 1 is 1.08 bits per heavy atom. The van der Waals surface area contributed by atoms with Gasteiger partial charge in [-0.1, -0.05) is 6.07 Å². The number of hydrogen-bond acceptors (Lipinski definition) is 7. The maximum absolute atomic E-state index is 13.8. The number of nitrogens with zero attached hydrogens (tertiary/aromatic N) is 2. The molecule has 0 bridgehead atoms. The number of carboxylic acid groups (broad SMARTS) is 2. The minimum Gasteiger partial charge on any atom is -0.475 e. The van der Waals surface area contributed by atoms with Crippen molar-refractivity contribution in [3.63, 3.8) is 0 Å². The van der Waals surface area contributed by atoms with Gasteiger partial charge in [0.2, 0.25) is 0 Å². The number of carbonyl (C=O) groups is 2. The molecule has 0 unspecified atom stereocenters. The third kappa shape index (κ3) is 9.44. The molecule has 2 aromatic rings. The lowest BCUT2D eigenvalue weighted by Crippen LogP contribution is -2.51. The second-order valence-corrected chi connectivity index (χ2v) is 8.61. The Balaban J connectivity index is 0.000000286. The fourth-order valence-electron chi connectivity index (χ4n) is 3.52. The highest BCUT2D eigenvalue weighted by Gasteiger charge is 2.44. The normalized spacial score (nSPS) is 21.5. The van der Waals surface area contributed by atoms with Crippen molar-refractivity contribution in [3.05, 3.63) is 46.5 Å². The summed E-state index contributed by atoms with van der Waals surface area (Å²) < 4.78 is 89.0. The van der Waals surface area contributed by atoms with Crippen LogP contribution in [0.4, 0.5) is 30.7 Å². The number of rotatable bonds is 4. The maximum Gasteiger partial charge on any atom is 0.490 e. The lowest BCUT2D eigenvalue weighted by Gasteiger charge is -2.38. The van der Waals surface area contributed by atoms with Crippen LogP contribution < -0.4 is 4.74 Å². The van der Waals surface area contributed by atoms with Crippen molar-refractivity contribution < 1.29 is 60.0 Å². The lowest BCUT2D eigenvalue weighted by atomic mass is 10.1. The van der Waals surface area contributed by atoms with Gasteiger partial charge in [0.1, 0.15) is 12.2 Å². The average molecular weight is 562 g/mol. The van der Waals surface area contributed by atoms with E-state index in [2.05, 4.69) is 27.4 Å². The van der Waals surface area contributed by atoms with Crippen LogP contribution in [0.1, 0.15) is 17.7 Å². The van der Waals surface area contributed by atoms with Crippen molar-refractivity contribution in [1.82, 2.24) is 9.88 Å². The highest BCUT2D eigenvalue weighted by atomic mass is 32.1. The molecule has 8 nitrogen and oxygen atoms in total. The Morgan fingerprint density at radius 3 is 2.22 bits per heavy atom. The molecule has 206 valence electrons. The Labute approximate surface area is 209 Å². The number of ether oxygens (including phenoxy) is 2. The van der Waals surface area contributed by atoms with Gasteiger partial charge in [-0.2, -0.15) is 26.3 Å². The zero-order valence-electron chi connectivity index (χ0n) is 18.7. The molecule has 37 heavy (non-hydrogen) atoms. The van der Waals surface area contributed by atoms with Gasteiger partial charge in [0.25, 0.3) is 5.88 Å². The molecule has 1 aliphatic heterocycles. The summed E-state index contributed by atoms with van der Waals surface area (Å²) in [6, 6.07) is 7.53. The highest BCUT2D eigenvalue weighted by Crippen LogP contribution is 2.34. The maximum atomic E-state index is 13.8. The van der Waals surface area contributed by atoms with Crippen LogP contribution in [-0.2, 0) is 20.9 Å². The van der Waals surface area contributed by atoms with Crippen LogP contribution in [0.25, 0.3) is 0 Å². The van der Waals surface area contributed by atoms with Gasteiger partial charge in [-0.05, 0) is 36.4 Å². The van der Waals surface area contributed by atoms with E-state index in [0.29, 0.717) is 12.6 Å². The number of fused-ring (bicyclic) bond motifs is 1. The molecule has 4 rings (SSSR count). The fourth-order valence-corrected chi connectivity index (χ4v) is 4.25. The second-order valence-electron chi connectivity index (χ2n) is 7.58. The Bertz CT molecular complexity index is 996. The molecule has 2 fully saturated rings. The molecule has 1 saturated heterocycles. The molecule has 2 aliphatic rings. The van der Waals surface area contributed by atoms with Gasteiger partial charge in [0, 0.05) is 30.2 Å². The molecule has 0 spiro atoms. The third-order valence-corrected chi connectivity index (χ3v) is 5.92. The summed E-state index contributed by atoms with van der Waals surface area (Å²) in [7, 11) is 0. The first kappa shape index (κ1) is 30.2. The number of aromatic nitrogens is 1. The van der Waals surface area contributed by atoms with E-state index in [1.54, 1.807) is 23.6 Å². The topological polar surface area (TPSA) is 109 Å². The summed E-state index contributed by atoms with van der Waals surface area (Å²) in [5.41, 5.74) is 0. The van der Waals surface area contributed by atoms with Crippen molar-refractivity contribution in [1.29, 1.82) is 0 Å². The van der Waals surface area contributed by atoms with E-state index in [4.69, 9.17) is 29.3 Å². The molecule has 1 aliphatic carbocycles. The van der Waals surface area contributed by atoms with E-state index < -0.39 is 30.1 Å². The van der Waals surface area contributed by atoms with E-state index in [9.17, 15) is 30.7 Å². The number of morpholine rings is 1. The van der Waals surface area contributed by atoms with E-state index in [0.717, 1.165) is 25.9 Å². The van der Waals surface area contributed by atoms with Crippen LogP contribution >= 0.6 is 11.3 Å². The number of halogens is 7.